The molecule has 1 N–H and O–H groups in total. The van der Waals surface area contributed by atoms with Crippen molar-refractivity contribution < 1.29 is 5.11 Å². The van der Waals surface area contributed by atoms with Crippen molar-refractivity contribution in [2.24, 2.45) is 5.92 Å². The zero-order valence-electron chi connectivity index (χ0n) is 10.4. The quantitative estimate of drug-likeness (QED) is 0.914. The van der Waals surface area contributed by atoms with Gasteiger partial charge in [0.2, 0.25) is 0 Å². The number of anilines is 1. The molecule has 2 unspecified atom stereocenters. The number of nitriles is 1. The van der Waals surface area contributed by atoms with E-state index < -0.39 is 0 Å². The van der Waals surface area contributed by atoms with E-state index in [4.69, 9.17) is 0 Å². The number of aliphatic hydroxyl groups is 1. The molecule has 0 bridgehead atoms. The molecule has 0 aliphatic carbocycles. The van der Waals surface area contributed by atoms with E-state index in [1.807, 2.05) is 25.1 Å². The summed E-state index contributed by atoms with van der Waals surface area (Å²) in [5.74, 6) is 0.300. The smallest absolute Gasteiger partial charge is 0.101 e. The molecule has 3 nitrogen and oxygen atoms in total. The summed E-state index contributed by atoms with van der Waals surface area (Å²) in [5, 5.41) is 18.9. The van der Waals surface area contributed by atoms with Gasteiger partial charge in [0, 0.05) is 23.5 Å². The van der Waals surface area contributed by atoms with Gasteiger partial charge in [-0.15, -0.1) is 0 Å². The Hall–Kier alpha value is -1.05. The van der Waals surface area contributed by atoms with E-state index in [1.165, 1.54) is 0 Å². The second-order valence-electron chi connectivity index (χ2n) is 4.86. The monoisotopic (exact) mass is 308 g/mol. The van der Waals surface area contributed by atoms with Crippen molar-refractivity contribution in [1.82, 2.24) is 0 Å². The summed E-state index contributed by atoms with van der Waals surface area (Å²) in [6.45, 7) is 3.63. The summed E-state index contributed by atoms with van der Waals surface area (Å²) in [5.41, 5.74) is 1.67. The largest absolute Gasteiger partial charge is 0.393 e. The molecule has 2 atom stereocenters. The highest BCUT2D eigenvalue weighted by molar-refractivity contribution is 9.10. The zero-order valence-corrected chi connectivity index (χ0v) is 12.0. The van der Waals surface area contributed by atoms with E-state index in [0.29, 0.717) is 11.5 Å². The molecule has 1 fully saturated rings. The van der Waals surface area contributed by atoms with Gasteiger partial charge in [0.15, 0.2) is 0 Å². The number of halogens is 1. The predicted molar refractivity (Wildman–Crippen MR) is 75.5 cm³/mol. The van der Waals surface area contributed by atoms with Gasteiger partial charge in [-0.3, -0.25) is 0 Å². The van der Waals surface area contributed by atoms with Gasteiger partial charge in [0.05, 0.1) is 17.4 Å². The van der Waals surface area contributed by atoms with Crippen molar-refractivity contribution in [1.29, 1.82) is 5.26 Å². The van der Waals surface area contributed by atoms with Crippen molar-refractivity contribution in [2.45, 2.75) is 25.9 Å². The SMILES string of the molecule is CC(O)C1CCCN(c2ccc(Br)cc2C#N)C1. The van der Waals surface area contributed by atoms with Gasteiger partial charge in [-0.1, -0.05) is 15.9 Å². The first kappa shape index (κ1) is 13.4. The van der Waals surface area contributed by atoms with Crippen LogP contribution in [0.2, 0.25) is 0 Å². The molecule has 0 aromatic heterocycles. The molecule has 0 radical (unpaired) electrons. The van der Waals surface area contributed by atoms with Gasteiger partial charge in [-0.05, 0) is 38.0 Å². The molecule has 4 heteroatoms. The van der Waals surface area contributed by atoms with Gasteiger partial charge < -0.3 is 10.0 Å². The van der Waals surface area contributed by atoms with Crippen molar-refractivity contribution in [3.8, 4) is 6.07 Å². The van der Waals surface area contributed by atoms with E-state index in [1.54, 1.807) is 0 Å². The molecule has 1 aromatic carbocycles. The molecule has 96 valence electrons. The van der Waals surface area contributed by atoms with E-state index >= 15 is 0 Å². The van der Waals surface area contributed by atoms with E-state index in [-0.39, 0.29) is 6.10 Å². The number of rotatable bonds is 2. The van der Waals surface area contributed by atoms with Crippen LogP contribution in [0.25, 0.3) is 0 Å². The van der Waals surface area contributed by atoms with Crippen LogP contribution in [-0.2, 0) is 0 Å². The van der Waals surface area contributed by atoms with Crippen molar-refractivity contribution in [3.05, 3.63) is 28.2 Å². The standard InChI is InChI=1S/C14H17BrN2O/c1-10(18)11-3-2-6-17(9-11)14-5-4-13(15)7-12(14)8-16/h4-5,7,10-11,18H,2-3,6,9H2,1H3. The van der Waals surface area contributed by atoms with Crippen LogP contribution in [0, 0.1) is 17.2 Å². The van der Waals surface area contributed by atoms with Crippen LogP contribution in [0.15, 0.2) is 22.7 Å². The van der Waals surface area contributed by atoms with E-state index in [9.17, 15) is 10.4 Å². The number of piperidine rings is 1. The molecule has 1 aliphatic heterocycles. The molecule has 2 rings (SSSR count). The highest BCUT2D eigenvalue weighted by Gasteiger charge is 2.24. The Morgan fingerprint density at radius 3 is 3.00 bits per heavy atom. The predicted octanol–water partition coefficient (Wildman–Crippen LogP) is 2.92. The fraction of sp³-hybridized carbons (Fsp3) is 0.500. The lowest BCUT2D eigenvalue weighted by molar-refractivity contribution is 0.115. The molecule has 0 amide bonds. The minimum atomic E-state index is -0.284. The Kier molecular flexibility index (Phi) is 4.26. The van der Waals surface area contributed by atoms with Gasteiger partial charge in [0.1, 0.15) is 6.07 Å². The van der Waals surface area contributed by atoms with Crippen LogP contribution in [0.1, 0.15) is 25.3 Å². The summed E-state index contributed by atoms with van der Waals surface area (Å²) >= 11 is 3.39. The normalized spacial score (nSPS) is 21.4. The zero-order chi connectivity index (χ0) is 13.1. The van der Waals surface area contributed by atoms with Crippen molar-refractivity contribution in [2.75, 3.05) is 18.0 Å². The van der Waals surface area contributed by atoms with E-state index in [0.717, 1.165) is 36.1 Å². The third-order valence-corrected chi connectivity index (χ3v) is 4.05. The third-order valence-electron chi connectivity index (χ3n) is 3.56. The van der Waals surface area contributed by atoms with Crippen LogP contribution in [0.3, 0.4) is 0 Å². The van der Waals surface area contributed by atoms with Crippen LogP contribution < -0.4 is 4.90 Å². The lowest BCUT2D eigenvalue weighted by Gasteiger charge is -2.36. The van der Waals surface area contributed by atoms with Crippen LogP contribution in [0.4, 0.5) is 5.69 Å². The summed E-state index contributed by atoms with van der Waals surface area (Å²) in [6, 6.07) is 8.03. The molecule has 18 heavy (non-hydrogen) atoms. The summed E-state index contributed by atoms with van der Waals surface area (Å²) in [7, 11) is 0. The fourth-order valence-corrected chi connectivity index (χ4v) is 2.86. The first-order valence-corrected chi connectivity index (χ1v) is 7.04. The van der Waals surface area contributed by atoms with Crippen molar-refractivity contribution >= 4 is 21.6 Å². The lowest BCUT2D eigenvalue weighted by atomic mass is 9.93. The topological polar surface area (TPSA) is 47.3 Å². The average Bonchev–Trinajstić information content (AvgIpc) is 2.38. The number of aliphatic hydroxyl groups excluding tert-OH is 1. The summed E-state index contributed by atoms with van der Waals surface area (Å²) < 4.78 is 0.923. The maximum atomic E-state index is 9.71. The second kappa shape index (κ2) is 5.73. The number of hydrogen-bond donors (Lipinski definition) is 1. The Labute approximate surface area is 116 Å². The summed E-state index contributed by atoms with van der Waals surface area (Å²) in [6.07, 6.45) is 1.84. The van der Waals surface area contributed by atoms with Crippen LogP contribution in [-0.4, -0.2) is 24.3 Å². The molecule has 1 heterocycles. The first-order chi connectivity index (χ1) is 8.61. The Morgan fingerprint density at radius 2 is 2.33 bits per heavy atom. The maximum absolute atomic E-state index is 9.71. The number of benzene rings is 1. The minimum absolute atomic E-state index is 0.284. The third kappa shape index (κ3) is 2.85. The highest BCUT2D eigenvalue weighted by Crippen LogP contribution is 2.29. The van der Waals surface area contributed by atoms with Crippen LogP contribution in [0.5, 0.6) is 0 Å². The lowest BCUT2D eigenvalue weighted by Crippen LogP contribution is -2.39. The highest BCUT2D eigenvalue weighted by atomic mass is 79.9. The Balaban J connectivity index is 2.23. The Bertz CT molecular complexity index is 467. The molecule has 0 spiro atoms. The summed E-state index contributed by atoms with van der Waals surface area (Å²) in [4.78, 5) is 2.21. The minimum Gasteiger partial charge on any atom is -0.393 e. The van der Waals surface area contributed by atoms with Crippen molar-refractivity contribution in [3.63, 3.8) is 0 Å². The van der Waals surface area contributed by atoms with Gasteiger partial charge in [0.25, 0.3) is 0 Å². The molecule has 1 aromatic rings. The maximum Gasteiger partial charge on any atom is 0.101 e. The molecule has 1 aliphatic rings. The molecular weight excluding hydrogens is 292 g/mol. The number of nitrogens with zero attached hydrogens (tertiary/aromatic N) is 2. The molecule has 0 saturated carbocycles. The fourth-order valence-electron chi connectivity index (χ4n) is 2.50. The Morgan fingerprint density at radius 1 is 1.56 bits per heavy atom. The molecular formula is C14H17BrN2O. The van der Waals surface area contributed by atoms with Gasteiger partial charge in [-0.2, -0.15) is 5.26 Å². The van der Waals surface area contributed by atoms with Crippen LogP contribution >= 0.6 is 15.9 Å². The second-order valence-corrected chi connectivity index (χ2v) is 5.78. The first-order valence-electron chi connectivity index (χ1n) is 6.24. The number of hydrogen-bond acceptors (Lipinski definition) is 3. The average molecular weight is 309 g/mol. The van der Waals surface area contributed by atoms with Gasteiger partial charge in [-0.25, -0.2) is 0 Å². The van der Waals surface area contributed by atoms with Gasteiger partial charge >= 0.3 is 0 Å². The molecule has 1 saturated heterocycles. The van der Waals surface area contributed by atoms with E-state index in [2.05, 4.69) is 26.9 Å².